The third-order valence-electron chi connectivity index (χ3n) is 4.52. The Kier molecular flexibility index (Phi) is 7.60. The molecular weight excluding hydrogens is 220 g/mol. The highest BCUT2D eigenvalue weighted by atomic mass is 15.2. The lowest BCUT2D eigenvalue weighted by molar-refractivity contribution is 0.206. The van der Waals surface area contributed by atoms with Crippen LogP contribution >= 0.6 is 0 Å². The molecule has 1 rings (SSSR count). The van der Waals surface area contributed by atoms with E-state index in [0.29, 0.717) is 6.04 Å². The third-order valence-corrected chi connectivity index (χ3v) is 4.52. The Bertz CT molecular complexity index is 229. The zero-order valence-electron chi connectivity index (χ0n) is 12.4. The first-order valence-corrected chi connectivity index (χ1v) is 7.77. The molecule has 1 saturated carbocycles. The summed E-state index contributed by atoms with van der Waals surface area (Å²) in [4.78, 5) is 0. The van der Waals surface area contributed by atoms with Gasteiger partial charge in [-0.3, -0.25) is 11.3 Å². The van der Waals surface area contributed by atoms with Gasteiger partial charge in [-0.05, 0) is 44.4 Å². The highest BCUT2D eigenvalue weighted by molar-refractivity contribution is 4.91. The molecule has 2 heteroatoms. The molecule has 0 saturated heterocycles. The van der Waals surface area contributed by atoms with Gasteiger partial charge in [-0.2, -0.15) is 0 Å². The van der Waals surface area contributed by atoms with Gasteiger partial charge in [0.2, 0.25) is 0 Å². The number of allylic oxidation sites excluding steroid dienone is 1. The predicted octanol–water partition coefficient (Wildman–Crippen LogP) is 4.17. The second-order valence-electron chi connectivity index (χ2n) is 6.19. The summed E-state index contributed by atoms with van der Waals surface area (Å²) in [6, 6.07) is 0.494. The minimum absolute atomic E-state index is 0.494. The highest BCUT2D eigenvalue weighted by Crippen LogP contribution is 2.34. The third kappa shape index (κ3) is 5.53. The normalized spacial score (nSPS) is 25.9. The number of nitrogens with two attached hydrogens (primary N) is 1. The first kappa shape index (κ1) is 15.7. The molecule has 1 fully saturated rings. The Hall–Kier alpha value is -0.340. The molecule has 2 nitrogen and oxygen atoms in total. The second-order valence-corrected chi connectivity index (χ2v) is 6.19. The van der Waals surface area contributed by atoms with Crippen molar-refractivity contribution in [2.75, 3.05) is 0 Å². The van der Waals surface area contributed by atoms with Gasteiger partial charge in [0, 0.05) is 6.04 Å². The van der Waals surface area contributed by atoms with Crippen molar-refractivity contribution in [2.45, 2.75) is 77.7 Å². The molecule has 0 aromatic rings. The van der Waals surface area contributed by atoms with E-state index < -0.39 is 0 Å². The minimum Gasteiger partial charge on any atom is -0.271 e. The molecule has 0 amide bonds. The molecule has 0 bridgehead atoms. The van der Waals surface area contributed by atoms with Gasteiger partial charge in [0.05, 0.1) is 0 Å². The maximum Gasteiger partial charge on any atom is 0.0241 e. The molecule has 1 atom stereocenters. The zero-order valence-corrected chi connectivity index (χ0v) is 12.4. The molecule has 0 aromatic carbocycles. The molecule has 3 N–H and O–H groups in total. The number of unbranched alkanes of at least 4 members (excludes halogenated alkanes) is 1. The minimum atomic E-state index is 0.494. The smallest absolute Gasteiger partial charge is 0.0241 e. The molecule has 0 radical (unpaired) electrons. The van der Waals surface area contributed by atoms with Crippen LogP contribution in [0, 0.1) is 11.8 Å². The molecule has 18 heavy (non-hydrogen) atoms. The van der Waals surface area contributed by atoms with Crippen LogP contribution in [0.25, 0.3) is 0 Å². The van der Waals surface area contributed by atoms with Crippen LogP contribution in [0.4, 0.5) is 0 Å². The fraction of sp³-hybridized carbons (Fsp3) is 0.875. The standard InChI is InChI=1S/C16H32N2/c1-4-5-6-14-8-10-15(11-9-14)16(18-17)12-7-13(2)3/h14-16,18H,2,4-12,17H2,1,3H3. The predicted molar refractivity (Wildman–Crippen MR) is 80.1 cm³/mol. The van der Waals surface area contributed by atoms with Gasteiger partial charge < -0.3 is 0 Å². The second kappa shape index (κ2) is 8.71. The van der Waals surface area contributed by atoms with E-state index in [1.807, 2.05) is 0 Å². The summed E-state index contributed by atoms with van der Waals surface area (Å²) < 4.78 is 0. The van der Waals surface area contributed by atoms with Crippen LogP contribution in [0.2, 0.25) is 0 Å². The Morgan fingerprint density at radius 2 is 2.00 bits per heavy atom. The van der Waals surface area contributed by atoms with Gasteiger partial charge in [0.25, 0.3) is 0 Å². The van der Waals surface area contributed by atoms with E-state index in [1.54, 1.807) is 0 Å². The topological polar surface area (TPSA) is 38.0 Å². The fourth-order valence-electron chi connectivity index (χ4n) is 3.23. The summed E-state index contributed by atoms with van der Waals surface area (Å²) in [6.45, 7) is 8.38. The lowest BCUT2D eigenvalue weighted by atomic mass is 9.76. The van der Waals surface area contributed by atoms with Crippen molar-refractivity contribution < 1.29 is 0 Å². The summed E-state index contributed by atoms with van der Waals surface area (Å²) in [5.41, 5.74) is 4.31. The highest BCUT2D eigenvalue weighted by Gasteiger charge is 2.26. The number of hydrogen-bond donors (Lipinski definition) is 2. The van der Waals surface area contributed by atoms with Crippen molar-refractivity contribution in [3.8, 4) is 0 Å². The van der Waals surface area contributed by atoms with Gasteiger partial charge in [0.15, 0.2) is 0 Å². The van der Waals surface area contributed by atoms with Crippen molar-refractivity contribution in [2.24, 2.45) is 17.7 Å². The summed E-state index contributed by atoms with van der Waals surface area (Å²) in [7, 11) is 0. The molecule has 1 aliphatic carbocycles. The van der Waals surface area contributed by atoms with E-state index in [-0.39, 0.29) is 0 Å². The number of rotatable bonds is 8. The van der Waals surface area contributed by atoms with Gasteiger partial charge in [0.1, 0.15) is 0 Å². The molecule has 0 heterocycles. The van der Waals surface area contributed by atoms with E-state index in [1.165, 1.54) is 50.5 Å². The summed E-state index contributed by atoms with van der Waals surface area (Å²) >= 11 is 0. The van der Waals surface area contributed by atoms with Crippen molar-refractivity contribution >= 4 is 0 Å². The summed E-state index contributed by atoms with van der Waals surface area (Å²) in [5.74, 6) is 7.50. The maximum absolute atomic E-state index is 5.73. The summed E-state index contributed by atoms with van der Waals surface area (Å²) in [5, 5.41) is 0. The van der Waals surface area contributed by atoms with Crippen LogP contribution in [0.3, 0.4) is 0 Å². The average Bonchev–Trinajstić information content (AvgIpc) is 2.38. The molecule has 0 aliphatic heterocycles. The molecule has 106 valence electrons. The van der Waals surface area contributed by atoms with Gasteiger partial charge in [-0.25, -0.2) is 0 Å². The van der Waals surface area contributed by atoms with Gasteiger partial charge in [-0.1, -0.05) is 44.6 Å². The number of nitrogens with one attached hydrogen (secondary N) is 1. The van der Waals surface area contributed by atoms with E-state index in [2.05, 4.69) is 25.9 Å². The van der Waals surface area contributed by atoms with E-state index >= 15 is 0 Å². The van der Waals surface area contributed by atoms with E-state index in [9.17, 15) is 0 Å². The fourth-order valence-corrected chi connectivity index (χ4v) is 3.23. The van der Waals surface area contributed by atoms with Crippen LogP contribution in [-0.4, -0.2) is 6.04 Å². The first-order valence-electron chi connectivity index (χ1n) is 7.77. The zero-order chi connectivity index (χ0) is 13.4. The van der Waals surface area contributed by atoms with E-state index in [4.69, 9.17) is 5.84 Å². The van der Waals surface area contributed by atoms with Gasteiger partial charge in [-0.15, -0.1) is 6.58 Å². The Labute approximate surface area is 113 Å². The van der Waals surface area contributed by atoms with Gasteiger partial charge >= 0.3 is 0 Å². The van der Waals surface area contributed by atoms with Crippen LogP contribution in [0.15, 0.2) is 12.2 Å². The van der Waals surface area contributed by atoms with Crippen molar-refractivity contribution in [3.63, 3.8) is 0 Å². The van der Waals surface area contributed by atoms with Crippen LogP contribution < -0.4 is 11.3 Å². The molecule has 1 unspecified atom stereocenters. The van der Waals surface area contributed by atoms with Crippen molar-refractivity contribution in [1.29, 1.82) is 0 Å². The average molecular weight is 252 g/mol. The molecule has 0 aromatic heterocycles. The van der Waals surface area contributed by atoms with E-state index in [0.717, 1.165) is 24.7 Å². The number of hydrogen-bond acceptors (Lipinski definition) is 2. The Morgan fingerprint density at radius 1 is 1.33 bits per heavy atom. The maximum atomic E-state index is 5.73. The first-order chi connectivity index (χ1) is 8.67. The quantitative estimate of drug-likeness (QED) is 0.386. The lowest BCUT2D eigenvalue weighted by Crippen LogP contribution is -2.42. The van der Waals surface area contributed by atoms with Crippen LogP contribution in [0.1, 0.15) is 71.6 Å². The molecule has 1 aliphatic rings. The number of hydrazine groups is 1. The summed E-state index contributed by atoms with van der Waals surface area (Å²) in [6.07, 6.45) is 12.0. The largest absolute Gasteiger partial charge is 0.271 e. The monoisotopic (exact) mass is 252 g/mol. The molecule has 0 spiro atoms. The lowest BCUT2D eigenvalue weighted by Gasteiger charge is -2.33. The van der Waals surface area contributed by atoms with Crippen LogP contribution in [-0.2, 0) is 0 Å². The molecular formula is C16H32N2. The SMILES string of the molecule is C=C(C)CCC(NN)C1CCC(CCCC)CC1. The Morgan fingerprint density at radius 3 is 2.50 bits per heavy atom. The van der Waals surface area contributed by atoms with Crippen LogP contribution in [0.5, 0.6) is 0 Å². The van der Waals surface area contributed by atoms with Crippen molar-refractivity contribution in [1.82, 2.24) is 5.43 Å². The van der Waals surface area contributed by atoms with Crippen molar-refractivity contribution in [3.05, 3.63) is 12.2 Å². The Balaban J connectivity index is 2.28.